The second kappa shape index (κ2) is 8.24. The zero-order valence-corrected chi connectivity index (χ0v) is 16.4. The molecule has 2 heterocycles. The summed E-state index contributed by atoms with van der Waals surface area (Å²) in [5.41, 5.74) is 1.85. The van der Waals surface area contributed by atoms with Gasteiger partial charge in [-0.3, -0.25) is 9.59 Å². The summed E-state index contributed by atoms with van der Waals surface area (Å²) in [6.45, 7) is 3.21. The van der Waals surface area contributed by atoms with Gasteiger partial charge >= 0.3 is 0 Å². The maximum Gasteiger partial charge on any atom is 0.255 e. The molecule has 4 rings (SSSR count). The Morgan fingerprint density at radius 3 is 2.86 bits per heavy atom. The number of ether oxygens (including phenoxy) is 2. The molecule has 2 atom stereocenters. The first-order valence-corrected chi connectivity index (χ1v) is 10.2. The molecule has 1 saturated heterocycles. The molecule has 0 radical (unpaired) electrons. The van der Waals surface area contributed by atoms with Crippen molar-refractivity contribution >= 4 is 35.0 Å². The molecule has 0 aromatic heterocycles. The van der Waals surface area contributed by atoms with Crippen LogP contribution in [0, 0.1) is 0 Å². The second-order valence-corrected chi connectivity index (χ2v) is 8.27. The molecule has 2 aromatic carbocycles. The fraction of sp³-hybridized carbons (Fsp3) is 0.333. The molecular formula is C21H22N2O4S. The van der Waals surface area contributed by atoms with E-state index in [1.807, 2.05) is 25.1 Å². The normalized spacial score (nSPS) is 21.0. The van der Waals surface area contributed by atoms with Crippen LogP contribution in [0.2, 0.25) is 0 Å². The molecule has 146 valence electrons. The van der Waals surface area contributed by atoms with Crippen LogP contribution in [0.1, 0.15) is 30.1 Å². The van der Waals surface area contributed by atoms with Gasteiger partial charge in [0.1, 0.15) is 12.4 Å². The zero-order chi connectivity index (χ0) is 19.5. The lowest BCUT2D eigenvalue weighted by Gasteiger charge is -2.21. The van der Waals surface area contributed by atoms with Crippen molar-refractivity contribution < 1.29 is 19.1 Å². The highest BCUT2D eigenvalue weighted by Crippen LogP contribution is 2.36. The molecular weight excluding hydrogens is 376 g/mol. The van der Waals surface area contributed by atoms with E-state index in [0.29, 0.717) is 23.5 Å². The average Bonchev–Trinajstić information content (AvgIpc) is 3.21. The molecule has 6 nitrogen and oxygen atoms in total. The Hall–Kier alpha value is -2.51. The van der Waals surface area contributed by atoms with Gasteiger partial charge in [0, 0.05) is 22.8 Å². The van der Waals surface area contributed by atoms with Gasteiger partial charge in [-0.15, -0.1) is 11.8 Å². The third-order valence-corrected chi connectivity index (χ3v) is 5.92. The predicted octanol–water partition coefficient (Wildman–Crippen LogP) is 3.93. The summed E-state index contributed by atoms with van der Waals surface area (Å²) >= 11 is 1.49. The summed E-state index contributed by atoms with van der Waals surface area (Å²) in [5.74, 6) is 0.471. The first-order chi connectivity index (χ1) is 13.6. The van der Waals surface area contributed by atoms with Crippen LogP contribution in [0.4, 0.5) is 11.4 Å². The SMILES string of the molecule is CC1Sc2ccc(C(=O)Nc3ccc(OCC4CCCO4)cc3)cc2NC1=O. The lowest BCUT2D eigenvalue weighted by atomic mass is 10.1. The highest BCUT2D eigenvalue weighted by atomic mass is 32.2. The highest BCUT2D eigenvalue weighted by Gasteiger charge is 2.23. The number of hydrogen-bond donors (Lipinski definition) is 2. The number of anilines is 2. The Balaban J connectivity index is 1.37. The van der Waals surface area contributed by atoms with E-state index in [9.17, 15) is 9.59 Å². The molecule has 2 unspecified atom stereocenters. The Kier molecular flexibility index (Phi) is 5.54. The number of benzene rings is 2. The molecule has 0 aliphatic carbocycles. The predicted molar refractivity (Wildman–Crippen MR) is 109 cm³/mol. The van der Waals surface area contributed by atoms with Gasteiger partial charge in [-0.25, -0.2) is 0 Å². The molecule has 28 heavy (non-hydrogen) atoms. The quantitative estimate of drug-likeness (QED) is 0.798. The van der Waals surface area contributed by atoms with Gasteiger partial charge in [0.25, 0.3) is 5.91 Å². The second-order valence-electron chi connectivity index (χ2n) is 6.88. The Morgan fingerprint density at radius 2 is 2.11 bits per heavy atom. The smallest absolute Gasteiger partial charge is 0.255 e. The Labute approximate surface area is 168 Å². The maximum absolute atomic E-state index is 12.6. The number of hydrogen-bond acceptors (Lipinski definition) is 5. The topological polar surface area (TPSA) is 76.7 Å². The summed E-state index contributed by atoms with van der Waals surface area (Å²) in [5, 5.41) is 5.59. The number of rotatable bonds is 5. The van der Waals surface area contributed by atoms with Gasteiger partial charge in [-0.2, -0.15) is 0 Å². The Bertz CT molecular complexity index is 878. The van der Waals surface area contributed by atoms with Crippen LogP contribution in [0.25, 0.3) is 0 Å². The van der Waals surface area contributed by atoms with Gasteiger partial charge in [-0.1, -0.05) is 0 Å². The van der Waals surface area contributed by atoms with E-state index >= 15 is 0 Å². The van der Waals surface area contributed by atoms with E-state index in [1.54, 1.807) is 24.3 Å². The summed E-state index contributed by atoms with van der Waals surface area (Å²) in [4.78, 5) is 25.4. The number of nitrogens with one attached hydrogen (secondary N) is 2. The molecule has 1 fully saturated rings. The van der Waals surface area contributed by atoms with Crippen molar-refractivity contribution in [3.8, 4) is 5.75 Å². The van der Waals surface area contributed by atoms with E-state index in [0.717, 1.165) is 30.1 Å². The first kappa shape index (κ1) is 18.8. The number of carbonyl (C=O) groups is 2. The van der Waals surface area contributed by atoms with Crippen molar-refractivity contribution in [2.24, 2.45) is 0 Å². The minimum absolute atomic E-state index is 0.0475. The van der Waals surface area contributed by atoms with E-state index in [1.165, 1.54) is 11.8 Å². The van der Waals surface area contributed by atoms with Gasteiger partial charge in [0.2, 0.25) is 5.91 Å². The van der Waals surface area contributed by atoms with Crippen molar-refractivity contribution in [2.45, 2.75) is 36.0 Å². The third kappa shape index (κ3) is 4.31. The number of carbonyl (C=O) groups excluding carboxylic acids is 2. The van der Waals surface area contributed by atoms with Crippen molar-refractivity contribution in [3.05, 3.63) is 48.0 Å². The van der Waals surface area contributed by atoms with Crippen LogP contribution in [-0.4, -0.2) is 36.4 Å². The number of thioether (sulfide) groups is 1. The molecule has 2 aliphatic rings. The highest BCUT2D eigenvalue weighted by molar-refractivity contribution is 8.00. The summed E-state index contributed by atoms with van der Waals surface area (Å²) in [7, 11) is 0. The molecule has 2 aliphatic heterocycles. The monoisotopic (exact) mass is 398 g/mol. The fourth-order valence-corrected chi connectivity index (χ4v) is 4.08. The van der Waals surface area contributed by atoms with Crippen molar-refractivity contribution in [1.82, 2.24) is 0 Å². The van der Waals surface area contributed by atoms with Crippen LogP contribution < -0.4 is 15.4 Å². The van der Waals surface area contributed by atoms with Crippen LogP contribution in [0.3, 0.4) is 0 Å². The van der Waals surface area contributed by atoms with Crippen molar-refractivity contribution in [1.29, 1.82) is 0 Å². The largest absolute Gasteiger partial charge is 0.491 e. The van der Waals surface area contributed by atoms with Gasteiger partial charge < -0.3 is 20.1 Å². The minimum atomic E-state index is -0.228. The lowest BCUT2D eigenvalue weighted by molar-refractivity contribution is -0.115. The molecule has 2 aromatic rings. The van der Waals surface area contributed by atoms with Crippen LogP contribution in [0.5, 0.6) is 5.75 Å². The first-order valence-electron chi connectivity index (χ1n) is 9.36. The molecule has 2 amide bonds. The molecule has 2 N–H and O–H groups in total. The van der Waals surface area contributed by atoms with Gasteiger partial charge in [0.15, 0.2) is 0 Å². The molecule has 0 saturated carbocycles. The Morgan fingerprint density at radius 1 is 1.29 bits per heavy atom. The zero-order valence-electron chi connectivity index (χ0n) is 15.6. The minimum Gasteiger partial charge on any atom is -0.491 e. The average molecular weight is 398 g/mol. The molecule has 7 heteroatoms. The fourth-order valence-electron chi connectivity index (χ4n) is 3.15. The third-order valence-electron chi connectivity index (χ3n) is 4.74. The van der Waals surface area contributed by atoms with E-state index in [4.69, 9.17) is 9.47 Å². The standard InChI is InChI=1S/C21H22N2O4S/c1-13-20(24)23-18-11-14(4-9-19(18)28-13)21(25)22-15-5-7-16(8-6-15)27-12-17-3-2-10-26-17/h4-9,11,13,17H,2-3,10,12H2,1H3,(H,22,25)(H,23,24). The van der Waals surface area contributed by atoms with E-state index in [-0.39, 0.29) is 23.2 Å². The van der Waals surface area contributed by atoms with Crippen LogP contribution >= 0.6 is 11.8 Å². The lowest BCUT2D eigenvalue weighted by Crippen LogP contribution is -2.26. The van der Waals surface area contributed by atoms with Crippen molar-refractivity contribution in [3.63, 3.8) is 0 Å². The van der Waals surface area contributed by atoms with E-state index < -0.39 is 0 Å². The molecule has 0 bridgehead atoms. The van der Waals surface area contributed by atoms with Crippen LogP contribution in [0.15, 0.2) is 47.4 Å². The van der Waals surface area contributed by atoms with Crippen LogP contribution in [-0.2, 0) is 9.53 Å². The summed E-state index contributed by atoms with van der Waals surface area (Å²) in [6, 6.07) is 12.6. The summed E-state index contributed by atoms with van der Waals surface area (Å²) < 4.78 is 11.3. The van der Waals surface area contributed by atoms with E-state index in [2.05, 4.69) is 10.6 Å². The summed E-state index contributed by atoms with van der Waals surface area (Å²) in [6.07, 6.45) is 2.29. The molecule has 0 spiro atoms. The maximum atomic E-state index is 12.6. The number of amides is 2. The van der Waals surface area contributed by atoms with Gasteiger partial charge in [0.05, 0.1) is 17.0 Å². The van der Waals surface area contributed by atoms with Gasteiger partial charge in [-0.05, 0) is 62.2 Å². The van der Waals surface area contributed by atoms with Crippen molar-refractivity contribution in [2.75, 3.05) is 23.8 Å². The number of fused-ring (bicyclic) bond motifs is 1.